The molecule has 110 valence electrons. The highest BCUT2D eigenvalue weighted by Gasteiger charge is 2.39. The van der Waals surface area contributed by atoms with Crippen LogP contribution in [-0.2, 0) is 14.8 Å². The number of carboxylic acids is 1. The number of benzene rings is 1. The fraction of sp³-hybridized carbons (Fsp3) is 0.417. The number of sulfonamides is 1. The Bertz CT molecular complexity index is 631. The summed E-state index contributed by atoms with van der Waals surface area (Å²) in [7, 11) is -2.49. The fourth-order valence-electron chi connectivity index (χ4n) is 2.21. The SMILES string of the molecule is COc1cc(S(=O)(=O)N2CCC[C@@H]2C(=O)O)ccc1Cl. The molecule has 0 spiro atoms. The lowest BCUT2D eigenvalue weighted by molar-refractivity contribution is -0.140. The van der Waals surface area contributed by atoms with Gasteiger partial charge in [0.15, 0.2) is 0 Å². The Balaban J connectivity index is 2.42. The summed E-state index contributed by atoms with van der Waals surface area (Å²) in [6.45, 7) is 0.199. The summed E-state index contributed by atoms with van der Waals surface area (Å²) >= 11 is 5.86. The van der Waals surface area contributed by atoms with Crippen molar-refractivity contribution in [2.45, 2.75) is 23.8 Å². The molecule has 20 heavy (non-hydrogen) atoms. The molecule has 1 atom stereocenters. The number of hydrogen-bond donors (Lipinski definition) is 1. The molecule has 6 nitrogen and oxygen atoms in total. The van der Waals surface area contributed by atoms with E-state index < -0.39 is 22.0 Å². The number of rotatable bonds is 4. The molecule has 0 bridgehead atoms. The highest BCUT2D eigenvalue weighted by atomic mass is 35.5. The molecule has 0 unspecified atom stereocenters. The second-order valence-corrected chi connectivity index (χ2v) is 6.71. The number of ether oxygens (including phenoxy) is 1. The minimum absolute atomic E-state index is 0.0214. The molecular formula is C12H14ClNO5S. The molecule has 1 fully saturated rings. The Morgan fingerprint density at radius 1 is 1.50 bits per heavy atom. The van der Waals surface area contributed by atoms with E-state index in [-0.39, 0.29) is 17.2 Å². The minimum Gasteiger partial charge on any atom is -0.495 e. The summed E-state index contributed by atoms with van der Waals surface area (Å²) in [6.07, 6.45) is 0.847. The van der Waals surface area contributed by atoms with Crippen LogP contribution in [0.5, 0.6) is 5.75 Å². The van der Waals surface area contributed by atoms with Crippen molar-refractivity contribution in [1.82, 2.24) is 4.31 Å². The summed E-state index contributed by atoms with van der Waals surface area (Å²) < 4.78 is 31.0. The topological polar surface area (TPSA) is 83.9 Å². The van der Waals surface area contributed by atoms with Crippen molar-refractivity contribution < 1.29 is 23.1 Å². The van der Waals surface area contributed by atoms with E-state index in [9.17, 15) is 13.2 Å². The van der Waals surface area contributed by atoms with Crippen LogP contribution in [0, 0.1) is 0 Å². The molecule has 0 amide bonds. The molecule has 8 heteroatoms. The summed E-state index contributed by atoms with van der Waals surface area (Å²) in [5.41, 5.74) is 0. The summed E-state index contributed by atoms with van der Waals surface area (Å²) in [4.78, 5) is 11.1. The molecule has 1 aromatic rings. The van der Waals surface area contributed by atoms with Gasteiger partial charge in [-0.1, -0.05) is 11.6 Å². The second kappa shape index (κ2) is 5.59. The number of methoxy groups -OCH3 is 1. The third-order valence-corrected chi connectivity index (χ3v) is 5.43. The van der Waals surface area contributed by atoms with Crippen LogP contribution in [0.1, 0.15) is 12.8 Å². The first kappa shape index (κ1) is 15.1. The first-order valence-corrected chi connectivity index (χ1v) is 7.78. The molecule has 0 aromatic heterocycles. The first-order valence-electron chi connectivity index (χ1n) is 5.96. The van der Waals surface area contributed by atoms with E-state index in [2.05, 4.69) is 0 Å². The highest BCUT2D eigenvalue weighted by molar-refractivity contribution is 7.89. The zero-order valence-corrected chi connectivity index (χ0v) is 12.3. The molecule has 1 aliphatic heterocycles. The van der Waals surface area contributed by atoms with Gasteiger partial charge in [0.2, 0.25) is 10.0 Å². The zero-order valence-electron chi connectivity index (χ0n) is 10.7. The molecule has 2 rings (SSSR count). The molecule has 1 aliphatic rings. The average Bonchev–Trinajstić information content (AvgIpc) is 2.89. The maximum absolute atomic E-state index is 12.5. The molecule has 1 N–H and O–H groups in total. The highest BCUT2D eigenvalue weighted by Crippen LogP contribution is 2.31. The van der Waals surface area contributed by atoms with Gasteiger partial charge in [-0.15, -0.1) is 0 Å². The van der Waals surface area contributed by atoms with E-state index in [0.29, 0.717) is 17.9 Å². The quantitative estimate of drug-likeness (QED) is 0.911. The van der Waals surface area contributed by atoms with Gasteiger partial charge in [-0.05, 0) is 25.0 Å². The van der Waals surface area contributed by atoms with Crippen LogP contribution < -0.4 is 4.74 Å². The van der Waals surface area contributed by atoms with Crippen LogP contribution in [0.3, 0.4) is 0 Å². The normalized spacial score (nSPS) is 20.0. The van der Waals surface area contributed by atoms with E-state index in [0.717, 1.165) is 4.31 Å². The van der Waals surface area contributed by atoms with Crippen molar-refractivity contribution in [1.29, 1.82) is 0 Å². The number of carbonyl (C=O) groups is 1. The maximum atomic E-state index is 12.5. The largest absolute Gasteiger partial charge is 0.495 e. The fourth-order valence-corrected chi connectivity index (χ4v) is 4.07. The molecule has 0 radical (unpaired) electrons. The van der Waals surface area contributed by atoms with E-state index in [1.54, 1.807) is 0 Å². The van der Waals surface area contributed by atoms with E-state index in [4.69, 9.17) is 21.4 Å². The Labute approximate surface area is 122 Å². The van der Waals surface area contributed by atoms with Crippen LogP contribution >= 0.6 is 11.6 Å². The Kier molecular flexibility index (Phi) is 4.22. The van der Waals surface area contributed by atoms with Crippen LogP contribution in [0.4, 0.5) is 0 Å². The van der Waals surface area contributed by atoms with Gasteiger partial charge < -0.3 is 9.84 Å². The van der Waals surface area contributed by atoms with E-state index in [1.165, 1.54) is 25.3 Å². The van der Waals surface area contributed by atoms with Crippen molar-refractivity contribution >= 4 is 27.6 Å². The van der Waals surface area contributed by atoms with E-state index in [1.807, 2.05) is 0 Å². The Morgan fingerprint density at radius 3 is 2.80 bits per heavy atom. The summed E-state index contributed by atoms with van der Waals surface area (Å²) in [5, 5.41) is 9.38. The third-order valence-electron chi connectivity index (χ3n) is 3.22. The predicted octanol–water partition coefficient (Wildman–Crippen LogP) is 1.59. The molecule has 0 saturated carbocycles. The number of aliphatic carboxylic acids is 1. The molecule has 1 aromatic carbocycles. The van der Waals surface area contributed by atoms with Crippen molar-refractivity contribution in [3.8, 4) is 5.75 Å². The van der Waals surface area contributed by atoms with Gasteiger partial charge in [-0.25, -0.2) is 8.42 Å². The summed E-state index contributed by atoms with van der Waals surface area (Å²) in [5.74, 6) is -0.897. The summed E-state index contributed by atoms with van der Waals surface area (Å²) in [6, 6.07) is 3.05. The van der Waals surface area contributed by atoms with Gasteiger partial charge in [0.05, 0.1) is 17.0 Å². The third kappa shape index (κ3) is 2.61. The van der Waals surface area contributed by atoms with Crippen LogP contribution in [0.25, 0.3) is 0 Å². The number of hydrogen-bond acceptors (Lipinski definition) is 4. The number of nitrogens with zero attached hydrogens (tertiary/aromatic N) is 1. The first-order chi connectivity index (χ1) is 9.37. The van der Waals surface area contributed by atoms with Gasteiger partial charge in [-0.2, -0.15) is 4.31 Å². The van der Waals surface area contributed by atoms with E-state index >= 15 is 0 Å². The second-order valence-electron chi connectivity index (χ2n) is 4.41. The smallest absolute Gasteiger partial charge is 0.322 e. The lowest BCUT2D eigenvalue weighted by atomic mass is 10.2. The molecule has 1 heterocycles. The van der Waals surface area contributed by atoms with Crippen molar-refractivity contribution in [3.05, 3.63) is 23.2 Å². The van der Waals surface area contributed by atoms with Gasteiger partial charge in [0.1, 0.15) is 11.8 Å². The van der Waals surface area contributed by atoms with Gasteiger partial charge in [-0.3, -0.25) is 4.79 Å². The van der Waals surface area contributed by atoms with Crippen molar-refractivity contribution in [3.63, 3.8) is 0 Å². The minimum atomic E-state index is -3.87. The van der Waals surface area contributed by atoms with Gasteiger partial charge in [0, 0.05) is 12.6 Å². The molecular weight excluding hydrogens is 306 g/mol. The Morgan fingerprint density at radius 2 is 2.20 bits per heavy atom. The predicted molar refractivity (Wildman–Crippen MR) is 72.6 cm³/mol. The van der Waals surface area contributed by atoms with Crippen LogP contribution in [0.2, 0.25) is 5.02 Å². The number of carboxylic acid groups (broad SMARTS) is 1. The monoisotopic (exact) mass is 319 g/mol. The molecule has 0 aliphatic carbocycles. The van der Waals surface area contributed by atoms with Crippen LogP contribution in [0.15, 0.2) is 23.1 Å². The average molecular weight is 320 g/mol. The number of halogens is 1. The van der Waals surface area contributed by atoms with Crippen molar-refractivity contribution in [2.24, 2.45) is 0 Å². The maximum Gasteiger partial charge on any atom is 0.322 e. The molecule has 1 saturated heterocycles. The van der Waals surface area contributed by atoms with Crippen LogP contribution in [-0.4, -0.2) is 43.5 Å². The van der Waals surface area contributed by atoms with Crippen molar-refractivity contribution in [2.75, 3.05) is 13.7 Å². The lowest BCUT2D eigenvalue weighted by Gasteiger charge is -2.21. The van der Waals surface area contributed by atoms with Gasteiger partial charge >= 0.3 is 5.97 Å². The van der Waals surface area contributed by atoms with Gasteiger partial charge in [0.25, 0.3) is 0 Å². The Hall–Kier alpha value is -1.31. The zero-order chi connectivity index (χ0) is 14.9. The lowest BCUT2D eigenvalue weighted by Crippen LogP contribution is -2.40. The standard InChI is InChI=1S/C12H14ClNO5S/c1-19-11-7-8(4-5-9(11)13)20(17,18)14-6-2-3-10(14)12(15)16/h4-5,7,10H,2-3,6H2,1H3,(H,15,16)/t10-/m1/s1.